The average Bonchev–Trinajstić information content (AvgIpc) is 3.20. The van der Waals surface area contributed by atoms with Gasteiger partial charge in [-0.1, -0.05) is 12.1 Å². The summed E-state index contributed by atoms with van der Waals surface area (Å²) >= 11 is 1.72. The Morgan fingerprint density at radius 1 is 1.36 bits per heavy atom. The van der Waals surface area contributed by atoms with Crippen molar-refractivity contribution in [2.75, 3.05) is 13.1 Å². The van der Waals surface area contributed by atoms with Crippen molar-refractivity contribution >= 4 is 17.2 Å². The number of likely N-dealkylation sites (tertiary alicyclic amines) is 1. The zero-order valence-corrected chi connectivity index (χ0v) is 15.8. The summed E-state index contributed by atoms with van der Waals surface area (Å²) in [4.78, 5) is 21.6. The third-order valence-corrected chi connectivity index (χ3v) is 6.71. The smallest absolute Gasteiger partial charge is 0.263 e. The van der Waals surface area contributed by atoms with Crippen molar-refractivity contribution in [3.8, 4) is 0 Å². The Hall–Kier alpha value is -1.69. The molecule has 0 aromatic carbocycles. The number of carbonyl (C=O) groups is 1. The van der Waals surface area contributed by atoms with Crippen LogP contribution in [0.3, 0.4) is 0 Å². The lowest BCUT2D eigenvalue weighted by molar-refractivity contribution is 0.0694. The van der Waals surface area contributed by atoms with Crippen LogP contribution in [0.5, 0.6) is 0 Å². The van der Waals surface area contributed by atoms with Crippen LogP contribution in [0.2, 0.25) is 0 Å². The lowest BCUT2D eigenvalue weighted by Crippen LogP contribution is -2.38. The van der Waals surface area contributed by atoms with Crippen molar-refractivity contribution in [2.24, 2.45) is 11.8 Å². The highest BCUT2D eigenvalue weighted by atomic mass is 32.1. The minimum absolute atomic E-state index is 0.223. The first-order chi connectivity index (χ1) is 12.1. The molecule has 2 aliphatic rings. The third kappa shape index (κ3) is 3.64. The Balaban J connectivity index is 1.35. The predicted octanol–water partition coefficient (Wildman–Crippen LogP) is 3.66. The van der Waals surface area contributed by atoms with E-state index in [1.54, 1.807) is 11.3 Å². The molecule has 2 aromatic heterocycles. The molecule has 0 saturated carbocycles. The zero-order valence-electron chi connectivity index (χ0n) is 15.0. The Labute approximate surface area is 152 Å². The van der Waals surface area contributed by atoms with Gasteiger partial charge in [0.05, 0.1) is 4.88 Å². The second kappa shape index (κ2) is 6.90. The Bertz CT molecular complexity index is 759. The molecule has 1 aliphatic heterocycles. The maximum absolute atomic E-state index is 12.9. The average molecular weight is 359 g/mol. The second-order valence-corrected chi connectivity index (χ2v) is 8.71. The number of carbonyl (C=O) groups excluding carboxylic acids is 1. The van der Waals surface area contributed by atoms with Crippen LogP contribution in [0.15, 0.2) is 10.6 Å². The number of nitrogens with zero attached hydrogens (tertiary/aromatic N) is 3. The molecule has 1 atom stereocenters. The predicted molar refractivity (Wildman–Crippen MR) is 96.9 cm³/mol. The van der Waals surface area contributed by atoms with Crippen LogP contribution in [0.25, 0.3) is 0 Å². The minimum atomic E-state index is 0.223. The van der Waals surface area contributed by atoms with Crippen LogP contribution in [0.1, 0.15) is 58.0 Å². The molecule has 1 amide bonds. The van der Waals surface area contributed by atoms with Crippen molar-refractivity contribution in [1.29, 1.82) is 0 Å². The van der Waals surface area contributed by atoms with Crippen LogP contribution >= 0.6 is 11.3 Å². The zero-order chi connectivity index (χ0) is 17.4. The van der Waals surface area contributed by atoms with Gasteiger partial charge in [0, 0.05) is 31.3 Å². The molecule has 1 fully saturated rings. The summed E-state index contributed by atoms with van der Waals surface area (Å²) in [6.07, 6.45) is 6.40. The highest BCUT2D eigenvalue weighted by molar-refractivity contribution is 7.14. The number of rotatable bonds is 3. The number of thiophene rings is 1. The molecule has 1 aliphatic carbocycles. The summed E-state index contributed by atoms with van der Waals surface area (Å²) in [7, 11) is 0. The standard InChI is InChI=1S/C19H25N3O2S/c1-12-3-4-16-15(9-12)11-17(25-16)19(23)22-7-5-14(6-8-22)10-18-20-13(2)24-21-18/h11-12,14H,3-10H2,1-2H3. The van der Waals surface area contributed by atoms with E-state index >= 15 is 0 Å². The van der Waals surface area contributed by atoms with Crippen molar-refractivity contribution in [1.82, 2.24) is 15.0 Å². The van der Waals surface area contributed by atoms with Crippen molar-refractivity contribution in [2.45, 2.75) is 52.4 Å². The van der Waals surface area contributed by atoms with Crippen LogP contribution in [-0.2, 0) is 19.3 Å². The molecule has 134 valence electrons. The monoisotopic (exact) mass is 359 g/mol. The topological polar surface area (TPSA) is 59.2 Å². The summed E-state index contributed by atoms with van der Waals surface area (Å²) in [6.45, 7) is 5.79. The molecule has 2 aromatic rings. The number of aryl methyl sites for hydroxylation is 2. The van der Waals surface area contributed by atoms with Gasteiger partial charge >= 0.3 is 0 Å². The van der Waals surface area contributed by atoms with E-state index in [1.165, 1.54) is 16.9 Å². The van der Waals surface area contributed by atoms with Crippen molar-refractivity contribution in [3.63, 3.8) is 0 Å². The van der Waals surface area contributed by atoms with Crippen LogP contribution in [0.4, 0.5) is 0 Å². The van der Waals surface area contributed by atoms with Gasteiger partial charge in [-0.3, -0.25) is 4.79 Å². The molecule has 4 rings (SSSR count). The van der Waals surface area contributed by atoms with Gasteiger partial charge in [0.2, 0.25) is 5.89 Å². The Morgan fingerprint density at radius 2 is 2.16 bits per heavy atom. The number of hydrogen-bond acceptors (Lipinski definition) is 5. The maximum Gasteiger partial charge on any atom is 0.263 e. The molecule has 5 nitrogen and oxygen atoms in total. The minimum Gasteiger partial charge on any atom is -0.340 e. The SMILES string of the molecule is Cc1nc(CC2CCN(C(=O)c3cc4c(s3)CCC(C)C4)CC2)no1. The van der Waals surface area contributed by atoms with Gasteiger partial charge in [-0.2, -0.15) is 4.98 Å². The van der Waals surface area contributed by atoms with Crippen LogP contribution < -0.4 is 0 Å². The summed E-state index contributed by atoms with van der Waals surface area (Å²) in [6, 6.07) is 2.16. The molecule has 6 heteroatoms. The number of fused-ring (bicyclic) bond motifs is 1. The fourth-order valence-electron chi connectivity index (χ4n) is 3.99. The van der Waals surface area contributed by atoms with Gasteiger partial charge in [-0.05, 0) is 55.6 Å². The number of aromatic nitrogens is 2. The molecule has 0 radical (unpaired) electrons. The summed E-state index contributed by atoms with van der Waals surface area (Å²) in [5.74, 6) is 2.93. The first-order valence-corrected chi connectivity index (χ1v) is 10.1. The van der Waals surface area contributed by atoms with E-state index in [-0.39, 0.29) is 5.91 Å². The normalized spacial score (nSPS) is 21.4. The van der Waals surface area contributed by atoms with Gasteiger partial charge in [-0.15, -0.1) is 11.3 Å². The van der Waals surface area contributed by atoms with E-state index in [9.17, 15) is 4.79 Å². The quantitative estimate of drug-likeness (QED) is 0.839. The van der Waals surface area contributed by atoms with Gasteiger partial charge < -0.3 is 9.42 Å². The van der Waals surface area contributed by atoms with E-state index in [0.717, 1.165) is 61.8 Å². The summed E-state index contributed by atoms with van der Waals surface area (Å²) < 4.78 is 5.05. The molecular formula is C19H25N3O2S. The van der Waals surface area contributed by atoms with E-state index in [0.29, 0.717) is 11.8 Å². The maximum atomic E-state index is 12.9. The first-order valence-electron chi connectivity index (χ1n) is 9.28. The Kier molecular flexibility index (Phi) is 4.63. The van der Waals surface area contributed by atoms with Crippen LogP contribution in [-0.4, -0.2) is 34.0 Å². The Morgan fingerprint density at radius 3 is 2.88 bits per heavy atom. The van der Waals surface area contributed by atoms with Gasteiger partial charge in [0.15, 0.2) is 5.82 Å². The molecule has 0 bridgehead atoms. The van der Waals surface area contributed by atoms with E-state index in [1.807, 2.05) is 11.8 Å². The third-order valence-electron chi connectivity index (χ3n) is 5.48. The highest BCUT2D eigenvalue weighted by Crippen LogP contribution is 2.33. The van der Waals surface area contributed by atoms with Gasteiger partial charge in [-0.25, -0.2) is 0 Å². The lowest BCUT2D eigenvalue weighted by Gasteiger charge is -2.31. The molecule has 0 spiro atoms. The van der Waals surface area contributed by atoms with Crippen molar-refractivity contribution in [3.05, 3.63) is 33.1 Å². The molecule has 1 saturated heterocycles. The summed E-state index contributed by atoms with van der Waals surface area (Å²) in [5.41, 5.74) is 1.41. The number of amides is 1. The molecule has 3 heterocycles. The largest absolute Gasteiger partial charge is 0.340 e. The fraction of sp³-hybridized carbons (Fsp3) is 0.632. The van der Waals surface area contributed by atoms with Gasteiger partial charge in [0.1, 0.15) is 0 Å². The lowest BCUT2D eigenvalue weighted by atomic mass is 9.90. The molecule has 25 heavy (non-hydrogen) atoms. The molecule has 0 N–H and O–H groups in total. The fourth-order valence-corrected chi connectivity index (χ4v) is 5.17. The molecular weight excluding hydrogens is 334 g/mol. The van der Waals surface area contributed by atoms with E-state index in [2.05, 4.69) is 23.1 Å². The van der Waals surface area contributed by atoms with Crippen molar-refractivity contribution < 1.29 is 9.32 Å². The van der Waals surface area contributed by atoms with Crippen LogP contribution in [0, 0.1) is 18.8 Å². The van der Waals surface area contributed by atoms with Gasteiger partial charge in [0.25, 0.3) is 5.91 Å². The number of piperidine rings is 1. The molecule has 1 unspecified atom stereocenters. The second-order valence-electron chi connectivity index (χ2n) is 7.58. The highest BCUT2D eigenvalue weighted by Gasteiger charge is 2.27. The van der Waals surface area contributed by atoms with E-state index in [4.69, 9.17) is 4.52 Å². The van der Waals surface area contributed by atoms with E-state index < -0.39 is 0 Å². The first kappa shape index (κ1) is 16.8. The summed E-state index contributed by atoms with van der Waals surface area (Å²) in [5, 5.41) is 3.99. The number of hydrogen-bond donors (Lipinski definition) is 0.